The lowest BCUT2D eigenvalue weighted by Crippen LogP contribution is -2.15. The van der Waals surface area contributed by atoms with Crippen molar-refractivity contribution in [3.8, 4) is 11.4 Å². The van der Waals surface area contributed by atoms with Gasteiger partial charge in [-0.05, 0) is 29.8 Å². The van der Waals surface area contributed by atoms with Crippen LogP contribution in [0, 0.1) is 0 Å². The molecule has 25 heavy (non-hydrogen) atoms. The molecule has 6 nitrogen and oxygen atoms in total. The Balaban J connectivity index is 1.61. The number of anilines is 1. The average molecular weight is 329 g/mol. The number of imidazole rings is 1. The molecule has 0 aliphatic heterocycles. The molecule has 0 aliphatic carbocycles. The first-order chi connectivity index (χ1) is 12.3. The number of H-pyrrole nitrogens is 1. The lowest BCUT2D eigenvalue weighted by molar-refractivity contribution is -0.115. The molecule has 2 N–H and O–H groups in total. The summed E-state index contributed by atoms with van der Waals surface area (Å²) in [7, 11) is 0. The van der Waals surface area contributed by atoms with Gasteiger partial charge in [0.2, 0.25) is 5.91 Å². The third-order valence-electron chi connectivity index (χ3n) is 3.82. The minimum absolute atomic E-state index is 0.127. The number of para-hydroxylation sites is 3. The summed E-state index contributed by atoms with van der Waals surface area (Å²) < 4.78 is 0. The molecule has 1 amide bonds. The third kappa shape index (κ3) is 3.23. The zero-order valence-corrected chi connectivity index (χ0v) is 13.3. The van der Waals surface area contributed by atoms with Gasteiger partial charge in [-0.15, -0.1) is 0 Å². The highest BCUT2D eigenvalue weighted by molar-refractivity contribution is 5.96. The number of hydrogen-bond acceptors (Lipinski definition) is 4. The smallest absolute Gasteiger partial charge is 0.228 e. The van der Waals surface area contributed by atoms with Crippen LogP contribution in [0.3, 0.4) is 0 Å². The number of hydrogen-bond donors (Lipinski definition) is 2. The highest BCUT2D eigenvalue weighted by atomic mass is 16.1. The number of fused-ring (bicyclic) bond motifs is 1. The van der Waals surface area contributed by atoms with Crippen molar-refractivity contribution in [2.24, 2.45) is 0 Å². The van der Waals surface area contributed by atoms with Gasteiger partial charge in [0.05, 0.1) is 23.1 Å². The van der Waals surface area contributed by atoms with Crippen molar-refractivity contribution in [3.05, 3.63) is 72.8 Å². The second kappa shape index (κ2) is 6.52. The Labute approximate surface area is 144 Å². The van der Waals surface area contributed by atoms with Crippen molar-refractivity contribution in [2.45, 2.75) is 6.42 Å². The Bertz CT molecular complexity index is 993. The number of nitrogens with zero attached hydrogens (tertiary/aromatic N) is 3. The van der Waals surface area contributed by atoms with Crippen molar-refractivity contribution in [2.75, 3.05) is 5.32 Å². The van der Waals surface area contributed by atoms with Crippen LogP contribution < -0.4 is 5.32 Å². The summed E-state index contributed by atoms with van der Waals surface area (Å²) in [5.74, 6) is 0.596. The summed E-state index contributed by atoms with van der Waals surface area (Å²) in [6.07, 6.45) is 4.93. The first-order valence-electron chi connectivity index (χ1n) is 7.87. The van der Waals surface area contributed by atoms with E-state index in [0.29, 0.717) is 5.69 Å². The van der Waals surface area contributed by atoms with Gasteiger partial charge in [-0.25, -0.2) is 15.0 Å². The SMILES string of the molecule is O=C(Cc1cncnc1)Nc1ccccc1-c1nc2ccccc2[nH]1. The van der Waals surface area contributed by atoms with Crippen molar-refractivity contribution >= 4 is 22.6 Å². The van der Waals surface area contributed by atoms with E-state index in [2.05, 4.69) is 25.3 Å². The van der Waals surface area contributed by atoms with Gasteiger partial charge in [-0.1, -0.05) is 24.3 Å². The van der Waals surface area contributed by atoms with Crippen LogP contribution in [0.2, 0.25) is 0 Å². The van der Waals surface area contributed by atoms with E-state index in [1.54, 1.807) is 12.4 Å². The predicted molar refractivity (Wildman–Crippen MR) is 95.9 cm³/mol. The molecule has 0 fully saturated rings. The fraction of sp³-hybridized carbons (Fsp3) is 0.0526. The molecule has 0 bridgehead atoms. The molecule has 0 radical (unpaired) electrons. The van der Waals surface area contributed by atoms with Crippen molar-refractivity contribution in [3.63, 3.8) is 0 Å². The van der Waals surface area contributed by atoms with Crippen LogP contribution in [0.1, 0.15) is 5.56 Å². The second-order valence-electron chi connectivity index (χ2n) is 5.62. The van der Waals surface area contributed by atoms with Crippen LogP contribution in [0.15, 0.2) is 67.3 Å². The molecule has 0 saturated carbocycles. The number of aromatic amines is 1. The molecule has 0 atom stereocenters. The monoisotopic (exact) mass is 329 g/mol. The average Bonchev–Trinajstić information content (AvgIpc) is 3.07. The molecule has 2 heterocycles. The zero-order valence-electron chi connectivity index (χ0n) is 13.3. The van der Waals surface area contributed by atoms with E-state index in [4.69, 9.17) is 0 Å². The van der Waals surface area contributed by atoms with Gasteiger partial charge in [-0.3, -0.25) is 4.79 Å². The summed E-state index contributed by atoms with van der Waals surface area (Å²) in [6, 6.07) is 15.4. The van der Waals surface area contributed by atoms with Crippen LogP contribution in [-0.4, -0.2) is 25.8 Å². The van der Waals surface area contributed by atoms with Crippen molar-refractivity contribution in [1.82, 2.24) is 19.9 Å². The number of carbonyl (C=O) groups excluding carboxylic acids is 1. The quantitative estimate of drug-likeness (QED) is 0.602. The molecule has 0 unspecified atom stereocenters. The van der Waals surface area contributed by atoms with Gasteiger partial charge in [0.1, 0.15) is 12.2 Å². The summed E-state index contributed by atoms with van der Waals surface area (Å²) in [5.41, 5.74) is 4.17. The van der Waals surface area contributed by atoms with E-state index in [0.717, 1.165) is 28.0 Å². The van der Waals surface area contributed by atoms with Crippen LogP contribution in [0.4, 0.5) is 5.69 Å². The Kier molecular flexibility index (Phi) is 3.92. The maximum Gasteiger partial charge on any atom is 0.228 e. The minimum Gasteiger partial charge on any atom is -0.338 e. The summed E-state index contributed by atoms with van der Waals surface area (Å²) in [5, 5.41) is 2.95. The third-order valence-corrected chi connectivity index (χ3v) is 3.82. The Morgan fingerprint density at radius 3 is 2.60 bits per heavy atom. The van der Waals surface area contributed by atoms with E-state index in [1.165, 1.54) is 6.33 Å². The number of rotatable bonds is 4. The van der Waals surface area contributed by atoms with Gasteiger partial charge < -0.3 is 10.3 Å². The fourth-order valence-corrected chi connectivity index (χ4v) is 2.68. The van der Waals surface area contributed by atoms with Crippen LogP contribution in [-0.2, 0) is 11.2 Å². The summed E-state index contributed by atoms with van der Waals surface area (Å²) in [6.45, 7) is 0. The first kappa shape index (κ1) is 15.0. The van der Waals surface area contributed by atoms with Gasteiger partial charge in [0, 0.05) is 18.0 Å². The maximum absolute atomic E-state index is 12.3. The molecule has 0 saturated heterocycles. The normalized spacial score (nSPS) is 10.7. The van der Waals surface area contributed by atoms with Gasteiger partial charge in [-0.2, -0.15) is 0 Å². The van der Waals surface area contributed by atoms with E-state index < -0.39 is 0 Å². The number of carbonyl (C=O) groups is 1. The highest BCUT2D eigenvalue weighted by Crippen LogP contribution is 2.27. The fourth-order valence-electron chi connectivity index (χ4n) is 2.68. The molecule has 4 aromatic rings. The van der Waals surface area contributed by atoms with E-state index >= 15 is 0 Å². The molecule has 0 aliphatic rings. The molecule has 6 heteroatoms. The molecule has 122 valence electrons. The van der Waals surface area contributed by atoms with Gasteiger partial charge >= 0.3 is 0 Å². The number of aromatic nitrogens is 4. The second-order valence-corrected chi connectivity index (χ2v) is 5.62. The minimum atomic E-state index is -0.127. The molecule has 2 aromatic heterocycles. The predicted octanol–water partition coefficient (Wildman–Crippen LogP) is 3.20. The summed E-state index contributed by atoms with van der Waals surface area (Å²) >= 11 is 0. The van der Waals surface area contributed by atoms with Crippen LogP contribution in [0.5, 0.6) is 0 Å². The highest BCUT2D eigenvalue weighted by Gasteiger charge is 2.12. The first-order valence-corrected chi connectivity index (χ1v) is 7.87. The molecule has 4 rings (SSSR count). The van der Waals surface area contributed by atoms with Crippen LogP contribution >= 0.6 is 0 Å². The van der Waals surface area contributed by atoms with Crippen molar-refractivity contribution in [1.29, 1.82) is 0 Å². The molecular weight excluding hydrogens is 314 g/mol. The number of amides is 1. The lowest BCUT2D eigenvalue weighted by atomic mass is 10.1. The summed E-state index contributed by atoms with van der Waals surface area (Å²) in [4.78, 5) is 28.1. The number of nitrogens with one attached hydrogen (secondary N) is 2. The maximum atomic E-state index is 12.3. The van der Waals surface area contributed by atoms with Gasteiger partial charge in [0.25, 0.3) is 0 Å². The topological polar surface area (TPSA) is 83.6 Å². The largest absolute Gasteiger partial charge is 0.338 e. The van der Waals surface area contributed by atoms with E-state index in [9.17, 15) is 4.79 Å². The van der Waals surface area contributed by atoms with E-state index in [1.807, 2.05) is 48.5 Å². The molecular formula is C19H15N5O. The standard InChI is InChI=1S/C19H15N5O/c25-18(9-13-10-20-12-21-11-13)22-15-6-2-1-5-14(15)19-23-16-7-3-4-8-17(16)24-19/h1-8,10-12H,9H2,(H,22,25)(H,23,24). The molecule has 2 aromatic carbocycles. The van der Waals surface area contributed by atoms with Crippen molar-refractivity contribution < 1.29 is 4.79 Å². The zero-order chi connectivity index (χ0) is 17.1. The lowest BCUT2D eigenvalue weighted by Gasteiger charge is -2.09. The Morgan fingerprint density at radius 2 is 1.76 bits per heavy atom. The van der Waals surface area contributed by atoms with Crippen LogP contribution in [0.25, 0.3) is 22.4 Å². The number of benzene rings is 2. The Morgan fingerprint density at radius 1 is 1.00 bits per heavy atom. The molecule has 0 spiro atoms. The van der Waals surface area contributed by atoms with Gasteiger partial charge in [0.15, 0.2) is 0 Å². The Hall–Kier alpha value is -3.54. The van der Waals surface area contributed by atoms with E-state index in [-0.39, 0.29) is 12.3 Å².